The van der Waals surface area contributed by atoms with Crippen LogP contribution in [-0.4, -0.2) is 73.6 Å². The predicted octanol–water partition coefficient (Wildman–Crippen LogP) is 3.43. The lowest BCUT2D eigenvalue weighted by atomic mass is 9.97. The molecule has 3 rings (SSSR count). The highest BCUT2D eigenvalue weighted by atomic mass is 16.5. The first-order chi connectivity index (χ1) is 18.4. The summed E-state index contributed by atoms with van der Waals surface area (Å²) < 4.78 is 5.37. The minimum Gasteiger partial charge on any atom is -0.369 e. The Bertz CT molecular complexity index is 1140. The number of rotatable bonds is 12. The fraction of sp³-hybridized carbons (Fsp3) is 0.581. The maximum absolute atomic E-state index is 13.5. The first-order valence-electron chi connectivity index (χ1n) is 14.0. The lowest BCUT2D eigenvalue weighted by Crippen LogP contribution is -2.56. The van der Waals surface area contributed by atoms with Crippen LogP contribution in [0.25, 0.3) is 10.8 Å². The first-order valence-corrected chi connectivity index (χ1v) is 14.0. The van der Waals surface area contributed by atoms with Crippen LogP contribution in [0.15, 0.2) is 42.5 Å². The van der Waals surface area contributed by atoms with Gasteiger partial charge in [-0.1, -0.05) is 63.2 Å². The Morgan fingerprint density at radius 3 is 2.44 bits per heavy atom. The van der Waals surface area contributed by atoms with E-state index in [2.05, 4.69) is 42.8 Å². The largest absolute Gasteiger partial charge is 0.369 e. The van der Waals surface area contributed by atoms with Gasteiger partial charge in [-0.15, -0.1) is 0 Å². The number of amides is 3. The smallest absolute Gasteiger partial charge is 0.254 e. The molecule has 1 saturated heterocycles. The van der Waals surface area contributed by atoms with Crippen LogP contribution < -0.4 is 16.0 Å². The molecule has 8 nitrogen and oxygen atoms in total. The minimum absolute atomic E-state index is 0.201. The summed E-state index contributed by atoms with van der Waals surface area (Å²) in [4.78, 5) is 41.5. The van der Waals surface area contributed by atoms with E-state index in [4.69, 9.17) is 4.74 Å². The molecule has 0 aromatic heterocycles. The van der Waals surface area contributed by atoms with Crippen molar-refractivity contribution >= 4 is 28.5 Å². The number of carbonyl (C=O) groups is 3. The fourth-order valence-corrected chi connectivity index (χ4v) is 4.81. The number of methoxy groups -OCH3 is 1. The van der Waals surface area contributed by atoms with E-state index in [9.17, 15) is 14.4 Å². The Morgan fingerprint density at radius 2 is 1.74 bits per heavy atom. The maximum Gasteiger partial charge on any atom is 0.254 e. The molecule has 0 spiro atoms. The molecular formula is C31H46N4O4. The van der Waals surface area contributed by atoms with Gasteiger partial charge in [-0.25, -0.2) is 0 Å². The van der Waals surface area contributed by atoms with Crippen molar-refractivity contribution in [3.8, 4) is 0 Å². The zero-order chi connectivity index (χ0) is 28.6. The van der Waals surface area contributed by atoms with Gasteiger partial charge < -0.3 is 25.6 Å². The molecule has 0 aliphatic carbocycles. The average Bonchev–Trinajstić information content (AvgIpc) is 3.39. The van der Waals surface area contributed by atoms with Crippen molar-refractivity contribution in [2.45, 2.75) is 78.0 Å². The van der Waals surface area contributed by atoms with Gasteiger partial charge >= 0.3 is 0 Å². The first kappa shape index (κ1) is 30.6. The van der Waals surface area contributed by atoms with Gasteiger partial charge in [0.05, 0.1) is 0 Å². The summed E-state index contributed by atoms with van der Waals surface area (Å²) in [5.41, 5.74) is 0.138. The van der Waals surface area contributed by atoms with Crippen LogP contribution in [0.2, 0.25) is 0 Å². The Hall–Kier alpha value is -2.97. The molecule has 1 heterocycles. The van der Waals surface area contributed by atoms with Gasteiger partial charge in [-0.3, -0.25) is 14.4 Å². The molecule has 1 aliphatic rings. The zero-order valence-electron chi connectivity index (χ0n) is 24.4. The number of nitrogens with one attached hydrogen (secondary N) is 3. The van der Waals surface area contributed by atoms with E-state index in [1.54, 1.807) is 18.7 Å². The van der Waals surface area contributed by atoms with Gasteiger partial charge in [-0.05, 0) is 68.0 Å². The van der Waals surface area contributed by atoms with Crippen molar-refractivity contribution in [3.05, 3.63) is 48.0 Å². The van der Waals surface area contributed by atoms with Crippen LogP contribution >= 0.6 is 0 Å². The quantitative estimate of drug-likeness (QED) is 0.360. The topological polar surface area (TPSA) is 99.8 Å². The normalized spacial score (nSPS) is 16.8. The zero-order valence-corrected chi connectivity index (χ0v) is 24.4. The number of ether oxygens (including phenoxy) is 1. The Kier molecular flexibility index (Phi) is 10.5. The van der Waals surface area contributed by atoms with Crippen molar-refractivity contribution < 1.29 is 19.1 Å². The molecule has 3 N–H and O–H groups in total. The van der Waals surface area contributed by atoms with Crippen molar-refractivity contribution in [1.29, 1.82) is 0 Å². The SMILES string of the molecule is COC(C)(C)C(=O)N1CCC[C@H]1C(=O)N[C@H](Cc1ccc2ccccc2c1)C(=O)NCCCNCC(C)(C)C. The third-order valence-corrected chi connectivity index (χ3v) is 7.21. The van der Waals surface area contributed by atoms with E-state index < -0.39 is 17.7 Å². The van der Waals surface area contributed by atoms with E-state index >= 15 is 0 Å². The molecular weight excluding hydrogens is 492 g/mol. The Balaban J connectivity index is 1.70. The van der Waals surface area contributed by atoms with Crippen molar-refractivity contribution in [3.63, 3.8) is 0 Å². The molecule has 3 amide bonds. The van der Waals surface area contributed by atoms with E-state index in [-0.39, 0.29) is 23.1 Å². The number of hydrogen-bond donors (Lipinski definition) is 3. The number of benzene rings is 2. The maximum atomic E-state index is 13.5. The molecule has 39 heavy (non-hydrogen) atoms. The van der Waals surface area contributed by atoms with Crippen LogP contribution in [0.5, 0.6) is 0 Å². The summed E-state index contributed by atoms with van der Waals surface area (Å²) >= 11 is 0. The van der Waals surface area contributed by atoms with Crippen LogP contribution in [0.3, 0.4) is 0 Å². The predicted molar refractivity (Wildman–Crippen MR) is 155 cm³/mol. The Morgan fingerprint density at radius 1 is 1.03 bits per heavy atom. The van der Waals surface area contributed by atoms with Crippen molar-refractivity contribution in [2.75, 3.05) is 33.3 Å². The molecule has 0 saturated carbocycles. The minimum atomic E-state index is -1.02. The van der Waals surface area contributed by atoms with Gasteiger partial charge in [0.2, 0.25) is 11.8 Å². The highest BCUT2D eigenvalue weighted by molar-refractivity contribution is 5.94. The summed E-state index contributed by atoms with van der Waals surface area (Å²) in [6.45, 7) is 12.6. The molecule has 1 aliphatic heterocycles. The summed E-state index contributed by atoms with van der Waals surface area (Å²) in [6.07, 6.45) is 2.43. The van der Waals surface area contributed by atoms with Crippen LogP contribution in [0.1, 0.15) is 59.4 Å². The third kappa shape index (κ3) is 8.77. The second kappa shape index (κ2) is 13.4. The summed E-state index contributed by atoms with van der Waals surface area (Å²) in [5, 5.41) is 11.6. The van der Waals surface area contributed by atoms with E-state index in [1.165, 1.54) is 7.11 Å². The molecule has 0 bridgehead atoms. The second-order valence-corrected chi connectivity index (χ2v) is 12.2. The number of likely N-dealkylation sites (tertiary alicyclic amines) is 1. The van der Waals surface area contributed by atoms with Gasteiger partial charge in [0.25, 0.3) is 5.91 Å². The molecule has 8 heteroatoms. The fourth-order valence-electron chi connectivity index (χ4n) is 4.81. The van der Waals surface area contributed by atoms with Crippen molar-refractivity contribution in [2.24, 2.45) is 5.41 Å². The summed E-state index contributed by atoms with van der Waals surface area (Å²) in [6, 6.07) is 12.8. The highest BCUT2D eigenvalue weighted by Gasteiger charge is 2.41. The molecule has 2 aromatic carbocycles. The highest BCUT2D eigenvalue weighted by Crippen LogP contribution is 2.24. The number of hydrogen-bond acceptors (Lipinski definition) is 5. The average molecular weight is 539 g/mol. The Labute approximate surface area is 233 Å². The van der Waals surface area contributed by atoms with E-state index in [1.807, 2.05) is 36.4 Å². The van der Waals surface area contributed by atoms with Gasteiger partial charge in [-0.2, -0.15) is 0 Å². The molecule has 2 aromatic rings. The van der Waals surface area contributed by atoms with Crippen molar-refractivity contribution in [1.82, 2.24) is 20.9 Å². The number of fused-ring (bicyclic) bond motifs is 1. The van der Waals surface area contributed by atoms with Crippen LogP contribution in [0.4, 0.5) is 0 Å². The lowest BCUT2D eigenvalue weighted by molar-refractivity contribution is -0.154. The molecule has 2 atom stereocenters. The molecule has 0 radical (unpaired) electrons. The molecule has 214 valence electrons. The van der Waals surface area contributed by atoms with Crippen LogP contribution in [-0.2, 0) is 25.5 Å². The number of nitrogens with zero attached hydrogens (tertiary/aromatic N) is 1. The van der Waals surface area contributed by atoms with Crippen LogP contribution in [0, 0.1) is 5.41 Å². The van der Waals surface area contributed by atoms with Gasteiger partial charge in [0.15, 0.2) is 0 Å². The summed E-state index contributed by atoms with van der Waals surface area (Å²) in [5.74, 6) is -0.748. The van der Waals surface area contributed by atoms with Gasteiger partial charge in [0, 0.05) is 26.6 Å². The van der Waals surface area contributed by atoms with E-state index in [0.29, 0.717) is 25.9 Å². The standard InChI is InChI=1S/C31H46N4O4/c1-30(2,3)21-32-16-10-17-33-27(36)25(20-22-14-15-23-11-7-8-12-24(23)19-22)34-28(37)26-13-9-18-35(26)29(38)31(4,5)39-6/h7-8,11-12,14-15,19,25-26,32H,9-10,13,16-18,20-21H2,1-6H3,(H,33,36)(H,34,37)/t25-,26+/m1/s1. The summed E-state index contributed by atoms with van der Waals surface area (Å²) in [7, 11) is 1.49. The monoisotopic (exact) mass is 538 g/mol. The lowest BCUT2D eigenvalue weighted by Gasteiger charge is -2.32. The molecule has 0 unspecified atom stereocenters. The second-order valence-electron chi connectivity index (χ2n) is 12.2. The third-order valence-electron chi connectivity index (χ3n) is 7.21. The van der Waals surface area contributed by atoms with Gasteiger partial charge in [0.1, 0.15) is 17.7 Å². The number of carbonyl (C=O) groups excluding carboxylic acids is 3. The molecule has 1 fully saturated rings. The van der Waals surface area contributed by atoms with E-state index in [0.717, 1.165) is 42.3 Å².